The number of hydrogen-bond donors (Lipinski definition) is 0. The molecule has 0 atom stereocenters. The Labute approximate surface area is 186 Å². The third-order valence-electron chi connectivity index (χ3n) is 4.79. The number of benzene rings is 1. The van der Waals surface area contributed by atoms with Crippen molar-refractivity contribution >= 4 is 21.6 Å². The molecule has 5 heteroatoms. The average molecular weight is 434 g/mol. The number of aryl methyl sites for hydroxylation is 2. The van der Waals surface area contributed by atoms with Crippen LogP contribution in [0.4, 0.5) is 0 Å². The minimum atomic E-state index is 0.174. The van der Waals surface area contributed by atoms with Crippen LogP contribution in [-0.4, -0.2) is 19.5 Å². The van der Waals surface area contributed by atoms with Crippen LogP contribution >= 0.6 is 21.6 Å². The maximum absolute atomic E-state index is 4.59. The Morgan fingerprint density at radius 2 is 1.55 bits per heavy atom. The van der Waals surface area contributed by atoms with Crippen molar-refractivity contribution in [3.05, 3.63) is 35.7 Å². The van der Waals surface area contributed by atoms with Gasteiger partial charge in [-0.1, -0.05) is 81.9 Å². The molecule has 0 saturated carbocycles. The van der Waals surface area contributed by atoms with Crippen LogP contribution in [0, 0.1) is 12.3 Å². The van der Waals surface area contributed by atoms with Gasteiger partial charge in [-0.15, -0.1) is 10.2 Å². The van der Waals surface area contributed by atoms with Gasteiger partial charge in [0.15, 0.2) is 0 Å². The van der Waals surface area contributed by atoms with Gasteiger partial charge >= 0.3 is 0 Å². The van der Waals surface area contributed by atoms with Gasteiger partial charge in [0, 0.05) is 16.9 Å². The Kier molecular flexibility index (Phi) is 9.15. The summed E-state index contributed by atoms with van der Waals surface area (Å²) >= 11 is 0. The van der Waals surface area contributed by atoms with Crippen LogP contribution in [-0.2, 0) is 6.42 Å². The topological polar surface area (TPSA) is 30.7 Å². The van der Waals surface area contributed by atoms with Crippen LogP contribution in [0.15, 0.2) is 29.4 Å². The highest BCUT2D eigenvalue weighted by molar-refractivity contribution is 8.77. The minimum Gasteiger partial charge on any atom is -0.273 e. The minimum absolute atomic E-state index is 0.174. The molecule has 0 N–H and O–H groups in total. The zero-order valence-electron chi connectivity index (χ0n) is 19.4. The zero-order chi connectivity index (χ0) is 21.5. The number of aromatic nitrogens is 3. The summed E-state index contributed by atoms with van der Waals surface area (Å²) in [5.41, 5.74) is 2.75. The molecule has 0 saturated heterocycles. The molecule has 0 fully saturated rings. The van der Waals surface area contributed by atoms with Crippen molar-refractivity contribution in [3.63, 3.8) is 0 Å². The van der Waals surface area contributed by atoms with Gasteiger partial charge in [0.25, 0.3) is 0 Å². The molecule has 2 aromatic rings. The van der Waals surface area contributed by atoms with Gasteiger partial charge in [-0.2, -0.15) is 0 Å². The summed E-state index contributed by atoms with van der Waals surface area (Å²) in [6.45, 7) is 16.0. The van der Waals surface area contributed by atoms with E-state index in [0.29, 0.717) is 5.41 Å². The van der Waals surface area contributed by atoms with E-state index < -0.39 is 0 Å². The van der Waals surface area contributed by atoms with E-state index in [4.69, 9.17) is 0 Å². The fourth-order valence-electron chi connectivity index (χ4n) is 3.81. The molecule has 1 aromatic heterocycles. The van der Waals surface area contributed by atoms with Gasteiger partial charge < -0.3 is 0 Å². The van der Waals surface area contributed by atoms with Crippen molar-refractivity contribution in [2.45, 2.75) is 103 Å². The lowest BCUT2D eigenvalue weighted by atomic mass is 9.86. The lowest BCUT2D eigenvalue weighted by Crippen LogP contribution is -2.22. The molecular formula is C24H39N3S2. The van der Waals surface area contributed by atoms with Crippen LogP contribution in [0.5, 0.6) is 0 Å². The first-order chi connectivity index (χ1) is 13.6. The van der Waals surface area contributed by atoms with Gasteiger partial charge in [-0.25, -0.2) is 0 Å². The van der Waals surface area contributed by atoms with Gasteiger partial charge in [-0.05, 0) is 62.0 Å². The van der Waals surface area contributed by atoms with Crippen LogP contribution in [0.25, 0.3) is 5.69 Å². The Bertz CT molecular complexity index is 742. The number of rotatable bonds is 11. The third-order valence-corrected chi connectivity index (χ3v) is 7.94. The van der Waals surface area contributed by atoms with Crippen molar-refractivity contribution in [1.29, 1.82) is 0 Å². The molecule has 0 aliphatic rings. The van der Waals surface area contributed by atoms with E-state index in [1.54, 1.807) is 10.8 Å². The van der Waals surface area contributed by atoms with Crippen molar-refractivity contribution in [3.8, 4) is 5.69 Å². The van der Waals surface area contributed by atoms with Crippen molar-refractivity contribution in [2.75, 3.05) is 0 Å². The smallest absolute Gasteiger partial charge is 0.206 e. The molecule has 0 aliphatic carbocycles. The second-order valence-corrected chi connectivity index (χ2v) is 12.7. The highest BCUT2D eigenvalue weighted by atomic mass is 33.1. The summed E-state index contributed by atoms with van der Waals surface area (Å²) in [6, 6.07) is 8.72. The van der Waals surface area contributed by atoms with Crippen LogP contribution < -0.4 is 0 Å². The molecule has 2 rings (SSSR count). The molecule has 0 unspecified atom stereocenters. The van der Waals surface area contributed by atoms with E-state index >= 15 is 0 Å². The molecular weight excluding hydrogens is 394 g/mol. The summed E-state index contributed by atoms with van der Waals surface area (Å²) in [6.07, 6.45) is 8.50. The Hall–Kier alpha value is -0.940. The largest absolute Gasteiger partial charge is 0.273 e. The van der Waals surface area contributed by atoms with E-state index in [-0.39, 0.29) is 4.75 Å². The summed E-state index contributed by atoms with van der Waals surface area (Å²) in [4.78, 5) is 0. The van der Waals surface area contributed by atoms with Crippen LogP contribution in [0.3, 0.4) is 0 Å². The molecule has 1 heterocycles. The Morgan fingerprint density at radius 3 is 2.17 bits per heavy atom. The first-order valence-corrected chi connectivity index (χ1v) is 13.1. The third kappa shape index (κ3) is 8.37. The molecule has 0 bridgehead atoms. The standard InChI is InChI=1S/C24H39N3S2/c1-8-9-10-11-12-13-21-25-26-22(27(21)20-16-14-19(2)15-17-20)28-29-24(6,7)18-23(3,4)5/h14-17H,8-13,18H2,1-7H3. The van der Waals surface area contributed by atoms with Crippen LogP contribution in [0.2, 0.25) is 0 Å². The van der Waals surface area contributed by atoms with E-state index in [1.165, 1.54) is 43.4 Å². The lowest BCUT2D eigenvalue weighted by Gasteiger charge is -2.31. The molecule has 0 spiro atoms. The van der Waals surface area contributed by atoms with Gasteiger partial charge in [0.1, 0.15) is 5.82 Å². The van der Waals surface area contributed by atoms with Crippen molar-refractivity contribution < 1.29 is 0 Å². The number of nitrogens with zero attached hydrogens (tertiary/aromatic N) is 3. The second kappa shape index (κ2) is 10.9. The van der Waals surface area contributed by atoms with Crippen molar-refractivity contribution in [2.24, 2.45) is 5.41 Å². The summed E-state index contributed by atoms with van der Waals surface area (Å²) < 4.78 is 2.44. The van der Waals surface area contributed by atoms with E-state index in [0.717, 1.165) is 23.8 Å². The maximum atomic E-state index is 4.59. The quantitative estimate of drug-likeness (QED) is 0.265. The zero-order valence-corrected chi connectivity index (χ0v) is 21.1. The molecule has 29 heavy (non-hydrogen) atoms. The monoisotopic (exact) mass is 433 g/mol. The first-order valence-electron chi connectivity index (χ1n) is 11.0. The fourth-order valence-corrected chi connectivity index (χ4v) is 6.37. The van der Waals surface area contributed by atoms with Gasteiger partial charge in [0.05, 0.1) is 0 Å². The summed E-state index contributed by atoms with van der Waals surface area (Å²) in [7, 11) is 3.68. The van der Waals surface area contributed by atoms with E-state index in [9.17, 15) is 0 Å². The first kappa shape index (κ1) is 24.3. The number of unbranched alkanes of at least 4 members (excludes halogenated alkanes) is 4. The SMILES string of the molecule is CCCCCCCc1nnc(SSC(C)(C)CC(C)(C)C)n1-c1ccc(C)cc1. The molecule has 0 radical (unpaired) electrons. The van der Waals surface area contributed by atoms with Gasteiger partial charge in [-0.3, -0.25) is 4.57 Å². The molecule has 1 aromatic carbocycles. The summed E-state index contributed by atoms with van der Waals surface area (Å²) in [5, 5.41) is 10.2. The van der Waals surface area contributed by atoms with E-state index in [1.807, 2.05) is 10.8 Å². The Morgan fingerprint density at radius 1 is 0.897 bits per heavy atom. The maximum Gasteiger partial charge on any atom is 0.206 e. The molecule has 3 nitrogen and oxygen atoms in total. The van der Waals surface area contributed by atoms with Gasteiger partial charge in [0.2, 0.25) is 5.16 Å². The molecule has 0 aliphatic heterocycles. The predicted molar refractivity (Wildman–Crippen MR) is 130 cm³/mol. The van der Waals surface area contributed by atoms with E-state index in [2.05, 4.69) is 87.5 Å². The summed E-state index contributed by atoms with van der Waals surface area (Å²) in [5.74, 6) is 1.09. The predicted octanol–water partition coefficient (Wildman–Crippen LogP) is 8.04. The van der Waals surface area contributed by atoms with Crippen molar-refractivity contribution in [1.82, 2.24) is 14.8 Å². The Balaban J connectivity index is 2.17. The second-order valence-electron chi connectivity index (χ2n) is 9.90. The molecule has 0 amide bonds. The fraction of sp³-hybridized carbons (Fsp3) is 0.667. The number of hydrogen-bond acceptors (Lipinski definition) is 4. The van der Waals surface area contributed by atoms with Crippen LogP contribution in [0.1, 0.15) is 91.5 Å². The normalized spacial score (nSPS) is 12.5. The molecule has 162 valence electrons. The highest BCUT2D eigenvalue weighted by Gasteiger charge is 2.28. The lowest BCUT2D eigenvalue weighted by molar-refractivity contribution is 0.340. The average Bonchev–Trinajstić information content (AvgIpc) is 3.01. The highest BCUT2D eigenvalue weighted by Crippen LogP contribution is 2.46.